The van der Waals surface area contributed by atoms with Crippen LogP contribution in [0.25, 0.3) is 10.9 Å². The Labute approximate surface area is 166 Å². The van der Waals surface area contributed by atoms with E-state index in [4.69, 9.17) is 4.74 Å². The number of hydrogen-bond acceptors (Lipinski definition) is 5. The second-order valence-corrected chi connectivity index (χ2v) is 7.38. The fourth-order valence-electron chi connectivity index (χ4n) is 2.93. The monoisotopic (exact) mass is 398 g/mol. The van der Waals surface area contributed by atoms with Crippen LogP contribution < -0.4 is 15.6 Å². The number of aromatic amines is 1. The Morgan fingerprint density at radius 2 is 2.04 bits per heavy atom. The minimum atomic E-state index is -0.170. The third-order valence-corrected chi connectivity index (χ3v) is 5.36. The van der Waals surface area contributed by atoms with Crippen LogP contribution in [0.1, 0.15) is 34.5 Å². The van der Waals surface area contributed by atoms with Crippen molar-refractivity contribution in [3.63, 3.8) is 0 Å². The zero-order chi connectivity index (χ0) is 19.9. The van der Waals surface area contributed by atoms with Gasteiger partial charge in [0.05, 0.1) is 17.5 Å². The molecule has 7 heteroatoms. The van der Waals surface area contributed by atoms with E-state index in [1.165, 1.54) is 11.3 Å². The molecule has 0 aliphatic rings. The molecule has 0 saturated heterocycles. The Hall–Kier alpha value is -2.93. The Kier molecular flexibility index (Phi) is 6.60. The van der Waals surface area contributed by atoms with Gasteiger partial charge in [-0.2, -0.15) is 0 Å². The maximum absolute atomic E-state index is 12.2. The number of nitrogens with one attached hydrogen (secondary N) is 2. The van der Waals surface area contributed by atoms with Crippen molar-refractivity contribution in [1.82, 2.24) is 10.3 Å². The average molecular weight is 398 g/mol. The number of pyridine rings is 1. The van der Waals surface area contributed by atoms with Crippen molar-refractivity contribution in [3.05, 3.63) is 62.6 Å². The highest BCUT2D eigenvalue weighted by Gasteiger charge is 2.09. The van der Waals surface area contributed by atoms with Crippen molar-refractivity contribution in [3.8, 4) is 5.75 Å². The second-order valence-electron chi connectivity index (χ2n) is 6.43. The van der Waals surface area contributed by atoms with Gasteiger partial charge in [-0.3, -0.25) is 14.4 Å². The van der Waals surface area contributed by atoms with Gasteiger partial charge in [0.1, 0.15) is 5.75 Å². The van der Waals surface area contributed by atoms with Gasteiger partial charge in [0.2, 0.25) is 5.91 Å². The number of ketones is 1. The Bertz CT molecular complexity index is 1020. The lowest BCUT2D eigenvalue weighted by atomic mass is 10.1. The molecule has 1 aromatic carbocycles. The number of ether oxygens (including phenoxy) is 1. The average Bonchev–Trinajstić information content (AvgIpc) is 3.23. The molecule has 3 rings (SSSR count). The summed E-state index contributed by atoms with van der Waals surface area (Å²) in [5.74, 6) is 0.642. The second kappa shape index (κ2) is 9.32. The third-order valence-electron chi connectivity index (χ3n) is 4.45. The fourth-order valence-corrected chi connectivity index (χ4v) is 3.63. The summed E-state index contributed by atoms with van der Waals surface area (Å²) in [6.07, 6.45) is 1.62. The number of hydrogen-bond donors (Lipinski definition) is 2. The van der Waals surface area contributed by atoms with Crippen molar-refractivity contribution in [2.75, 3.05) is 13.7 Å². The Balaban J connectivity index is 1.46. The molecule has 2 heterocycles. The van der Waals surface area contributed by atoms with Crippen LogP contribution in [0.5, 0.6) is 5.75 Å². The highest BCUT2D eigenvalue weighted by molar-refractivity contribution is 7.12. The summed E-state index contributed by atoms with van der Waals surface area (Å²) in [5.41, 5.74) is 1.16. The summed E-state index contributed by atoms with van der Waals surface area (Å²) in [7, 11) is 1.58. The quantitative estimate of drug-likeness (QED) is 0.541. The predicted octanol–water partition coefficient (Wildman–Crippen LogP) is 3.31. The van der Waals surface area contributed by atoms with Crippen LogP contribution in [-0.4, -0.2) is 30.3 Å². The molecule has 0 aliphatic heterocycles. The summed E-state index contributed by atoms with van der Waals surface area (Å²) in [4.78, 5) is 39.7. The van der Waals surface area contributed by atoms with Crippen LogP contribution in [0.15, 0.2) is 46.6 Å². The zero-order valence-corrected chi connectivity index (χ0v) is 16.4. The van der Waals surface area contributed by atoms with Gasteiger partial charge in [-0.25, -0.2) is 0 Å². The van der Waals surface area contributed by atoms with Crippen LogP contribution in [-0.2, 0) is 11.2 Å². The zero-order valence-electron chi connectivity index (χ0n) is 15.6. The number of carbonyl (C=O) groups is 2. The molecule has 0 fully saturated rings. The van der Waals surface area contributed by atoms with Crippen molar-refractivity contribution >= 4 is 33.9 Å². The van der Waals surface area contributed by atoms with E-state index in [0.29, 0.717) is 49.1 Å². The van der Waals surface area contributed by atoms with Gasteiger partial charge in [0.15, 0.2) is 5.78 Å². The number of rotatable bonds is 9. The molecule has 0 aliphatic carbocycles. The standard InChI is InChI=1S/C21H22N2O4S/c1-27-16-8-7-14-12-15(21(26)23-17(14)13-16)9-10-22-20(25)6-2-4-18(24)19-5-3-11-28-19/h3,5,7-8,11-13H,2,4,6,9-10H2,1H3,(H,22,25)(H,23,26). The molecular formula is C21H22N2O4S. The number of aromatic nitrogens is 1. The Morgan fingerprint density at radius 1 is 1.18 bits per heavy atom. The molecule has 0 bridgehead atoms. The first-order valence-corrected chi connectivity index (χ1v) is 9.98. The summed E-state index contributed by atoms with van der Waals surface area (Å²) < 4.78 is 5.16. The van der Waals surface area contributed by atoms with Gasteiger partial charge in [0, 0.05) is 31.0 Å². The topological polar surface area (TPSA) is 88.3 Å². The maximum Gasteiger partial charge on any atom is 0.251 e. The van der Waals surface area contributed by atoms with Gasteiger partial charge in [0.25, 0.3) is 5.56 Å². The Morgan fingerprint density at radius 3 is 2.79 bits per heavy atom. The molecule has 0 atom stereocenters. The molecular weight excluding hydrogens is 376 g/mol. The normalized spacial score (nSPS) is 10.8. The number of methoxy groups -OCH3 is 1. The molecule has 146 valence electrons. The number of fused-ring (bicyclic) bond motifs is 1. The first-order valence-electron chi connectivity index (χ1n) is 9.10. The highest BCUT2D eigenvalue weighted by Crippen LogP contribution is 2.18. The van der Waals surface area contributed by atoms with E-state index in [-0.39, 0.29) is 17.2 Å². The molecule has 2 N–H and O–H groups in total. The summed E-state index contributed by atoms with van der Waals surface area (Å²) in [6, 6.07) is 11.0. The lowest BCUT2D eigenvalue weighted by Gasteiger charge is -2.07. The summed E-state index contributed by atoms with van der Waals surface area (Å²) in [6.45, 7) is 0.377. The van der Waals surface area contributed by atoms with Crippen LogP contribution in [0, 0.1) is 0 Å². The molecule has 6 nitrogen and oxygen atoms in total. The summed E-state index contributed by atoms with van der Waals surface area (Å²) >= 11 is 1.42. The first kappa shape index (κ1) is 19.8. The number of amides is 1. The minimum absolute atomic E-state index is 0.0714. The predicted molar refractivity (Wildman–Crippen MR) is 110 cm³/mol. The van der Waals surface area contributed by atoms with E-state index in [1.54, 1.807) is 19.2 Å². The van der Waals surface area contributed by atoms with Gasteiger partial charge < -0.3 is 15.0 Å². The van der Waals surface area contributed by atoms with E-state index < -0.39 is 0 Å². The van der Waals surface area contributed by atoms with Crippen molar-refractivity contribution in [2.24, 2.45) is 0 Å². The highest BCUT2D eigenvalue weighted by atomic mass is 32.1. The summed E-state index contributed by atoms with van der Waals surface area (Å²) in [5, 5.41) is 5.59. The molecule has 1 amide bonds. The van der Waals surface area contributed by atoms with Gasteiger partial charge in [-0.05, 0) is 47.9 Å². The van der Waals surface area contributed by atoms with Crippen LogP contribution >= 0.6 is 11.3 Å². The number of carbonyl (C=O) groups excluding carboxylic acids is 2. The fraction of sp³-hybridized carbons (Fsp3) is 0.286. The largest absolute Gasteiger partial charge is 0.497 e. The van der Waals surface area contributed by atoms with E-state index in [1.807, 2.05) is 29.6 Å². The van der Waals surface area contributed by atoms with Crippen LogP contribution in [0.4, 0.5) is 0 Å². The number of benzene rings is 1. The molecule has 28 heavy (non-hydrogen) atoms. The lowest BCUT2D eigenvalue weighted by Crippen LogP contribution is -2.27. The van der Waals surface area contributed by atoms with Crippen molar-refractivity contribution < 1.29 is 14.3 Å². The third kappa shape index (κ3) is 5.07. The van der Waals surface area contributed by atoms with Gasteiger partial charge in [-0.15, -0.1) is 11.3 Å². The smallest absolute Gasteiger partial charge is 0.251 e. The van der Waals surface area contributed by atoms with E-state index >= 15 is 0 Å². The first-order chi connectivity index (χ1) is 13.6. The van der Waals surface area contributed by atoms with Crippen LogP contribution in [0.3, 0.4) is 0 Å². The molecule has 0 saturated carbocycles. The van der Waals surface area contributed by atoms with Gasteiger partial charge in [-0.1, -0.05) is 6.07 Å². The van der Waals surface area contributed by atoms with Crippen LogP contribution in [0.2, 0.25) is 0 Å². The number of H-pyrrole nitrogens is 1. The minimum Gasteiger partial charge on any atom is -0.497 e. The van der Waals surface area contributed by atoms with Gasteiger partial charge >= 0.3 is 0 Å². The number of thiophene rings is 1. The number of Topliss-reactive ketones (excluding diaryl/α,β-unsaturated/α-hetero) is 1. The molecule has 2 aromatic heterocycles. The maximum atomic E-state index is 12.2. The lowest BCUT2D eigenvalue weighted by molar-refractivity contribution is -0.121. The molecule has 0 radical (unpaired) electrons. The van der Waals surface area contributed by atoms with E-state index in [2.05, 4.69) is 10.3 Å². The molecule has 0 unspecified atom stereocenters. The SMILES string of the molecule is COc1ccc2cc(CCNC(=O)CCCC(=O)c3cccs3)c(=O)[nH]c2c1. The van der Waals surface area contributed by atoms with Crippen molar-refractivity contribution in [2.45, 2.75) is 25.7 Å². The van der Waals surface area contributed by atoms with E-state index in [0.717, 1.165) is 10.3 Å². The van der Waals surface area contributed by atoms with Crippen molar-refractivity contribution in [1.29, 1.82) is 0 Å². The van der Waals surface area contributed by atoms with E-state index in [9.17, 15) is 14.4 Å². The molecule has 3 aromatic rings. The molecule has 0 spiro atoms.